The molecule has 2 amide bonds. The number of furan rings is 1. The smallest absolute Gasteiger partial charge is 0.290 e. The molecule has 2 aromatic heterocycles. The Bertz CT molecular complexity index is 1110. The number of hydrogen-bond donors (Lipinski definition) is 1. The van der Waals surface area contributed by atoms with Crippen molar-refractivity contribution < 1.29 is 22.4 Å². The van der Waals surface area contributed by atoms with Gasteiger partial charge in [0.05, 0.1) is 22.0 Å². The fourth-order valence-corrected chi connectivity index (χ4v) is 5.23. The predicted octanol–water partition coefficient (Wildman–Crippen LogP) is 2.01. The average Bonchev–Trinajstić information content (AvgIpc) is 3.23. The molecule has 0 aromatic carbocycles. The van der Waals surface area contributed by atoms with Crippen molar-refractivity contribution in [2.24, 2.45) is 0 Å². The molecule has 1 N–H and O–H groups in total. The van der Waals surface area contributed by atoms with E-state index in [-0.39, 0.29) is 4.91 Å². The first-order valence-electron chi connectivity index (χ1n) is 9.12. The molecule has 2 aliphatic heterocycles. The van der Waals surface area contributed by atoms with Gasteiger partial charge in [0, 0.05) is 43.8 Å². The molecule has 0 atom stereocenters. The third-order valence-corrected chi connectivity index (χ3v) is 7.96. The van der Waals surface area contributed by atoms with E-state index in [0.29, 0.717) is 37.5 Å². The van der Waals surface area contributed by atoms with Crippen LogP contribution in [0.2, 0.25) is 0 Å². The highest BCUT2D eigenvalue weighted by Crippen LogP contribution is 2.32. The van der Waals surface area contributed by atoms with E-state index in [9.17, 15) is 18.0 Å². The molecule has 29 heavy (non-hydrogen) atoms. The first-order valence-corrected chi connectivity index (χ1v) is 11.4. The number of aromatic nitrogens is 1. The van der Waals surface area contributed by atoms with Crippen molar-refractivity contribution in [1.82, 2.24) is 14.6 Å². The van der Waals surface area contributed by atoms with Crippen LogP contribution in [0.3, 0.4) is 0 Å². The highest BCUT2D eigenvalue weighted by atomic mass is 32.2. The summed E-state index contributed by atoms with van der Waals surface area (Å²) >= 11 is 0.829. The Balaban J connectivity index is 1.58. The van der Waals surface area contributed by atoms with Crippen molar-refractivity contribution in [3.8, 4) is 0 Å². The van der Waals surface area contributed by atoms with Crippen LogP contribution in [0.15, 0.2) is 27.8 Å². The van der Waals surface area contributed by atoms with Gasteiger partial charge in [0.25, 0.3) is 11.1 Å². The number of imide groups is 1. The second-order valence-electron chi connectivity index (χ2n) is 7.06. The van der Waals surface area contributed by atoms with E-state index >= 15 is 0 Å². The lowest BCUT2D eigenvalue weighted by atomic mass is 10.2. The number of hydrogen-bond acceptors (Lipinski definition) is 8. The number of nitrogens with zero attached hydrogens (tertiary/aromatic N) is 3. The Morgan fingerprint density at radius 3 is 2.55 bits per heavy atom. The fraction of sp³-hybridized carbons (Fsp3) is 0.389. The Labute approximate surface area is 172 Å². The summed E-state index contributed by atoms with van der Waals surface area (Å²) in [5, 5.41) is 2.12. The van der Waals surface area contributed by atoms with E-state index in [1.807, 2.05) is 4.90 Å². The molecule has 2 fully saturated rings. The van der Waals surface area contributed by atoms with Crippen LogP contribution >= 0.6 is 11.8 Å². The van der Waals surface area contributed by atoms with Crippen molar-refractivity contribution in [2.75, 3.05) is 31.1 Å². The Morgan fingerprint density at radius 1 is 1.21 bits per heavy atom. The van der Waals surface area contributed by atoms with Gasteiger partial charge in [-0.3, -0.25) is 19.9 Å². The second-order valence-corrected chi connectivity index (χ2v) is 10.6. The van der Waals surface area contributed by atoms with Gasteiger partial charge in [-0.25, -0.2) is 8.42 Å². The second kappa shape index (κ2) is 7.47. The standard InChI is InChI=1S/C18H20N4O5S2/c1-11(2)29(25,26)22-5-3-21(4-6-22)14-10-19-9-12-7-13(27-16(12)14)8-15-17(23)20-18(24)28-15/h7-11H,3-6H2,1-2H3,(H,20,23,24)/b15-8+. The van der Waals surface area contributed by atoms with Gasteiger partial charge in [-0.1, -0.05) is 0 Å². The summed E-state index contributed by atoms with van der Waals surface area (Å²) in [6.07, 6.45) is 4.88. The number of nitrogens with one attached hydrogen (secondary N) is 1. The van der Waals surface area contributed by atoms with Crippen molar-refractivity contribution in [1.29, 1.82) is 0 Å². The summed E-state index contributed by atoms with van der Waals surface area (Å²) in [5.41, 5.74) is 1.38. The first kappa shape index (κ1) is 19.9. The number of sulfonamides is 1. The third-order valence-electron chi connectivity index (χ3n) is 4.87. The summed E-state index contributed by atoms with van der Waals surface area (Å²) in [4.78, 5) is 29.6. The number of fused-ring (bicyclic) bond motifs is 1. The minimum absolute atomic E-state index is 0.274. The minimum atomic E-state index is -3.27. The average molecular weight is 437 g/mol. The number of amides is 2. The van der Waals surface area contributed by atoms with E-state index in [1.165, 1.54) is 10.4 Å². The highest BCUT2D eigenvalue weighted by Gasteiger charge is 2.30. The summed E-state index contributed by atoms with van der Waals surface area (Å²) < 4.78 is 32.2. The van der Waals surface area contributed by atoms with E-state index < -0.39 is 26.4 Å². The number of pyridine rings is 1. The van der Waals surface area contributed by atoms with E-state index in [4.69, 9.17) is 4.42 Å². The maximum atomic E-state index is 12.4. The molecule has 0 spiro atoms. The first-order chi connectivity index (χ1) is 13.8. The van der Waals surface area contributed by atoms with Crippen LogP contribution in [0, 0.1) is 0 Å². The van der Waals surface area contributed by atoms with Gasteiger partial charge in [0.2, 0.25) is 10.0 Å². The largest absolute Gasteiger partial charge is 0.454 e. The van der Waals surface area contributed by atoms with Gasteiger partial charge in [-0.05, 0) is 31.7 Å². The van der Waals surface area contributed by atoms with Crippen molar-refractivity contribution in [3.63, 3.8) is 0 Å². The topological polar surface area (TPSA) is 113 Å². The maximum absolute atomic E-state index is 12.4. The summed E-state index contributed by atoms with van der Waals surface area (Å²) in [6.45, 7) is 5.21. The number of carbonyl (C=O) groups is 2. The Morgan fingerprint density at radius 2 is 1.93 bits per heavy atom. The van der Waals surface area contributed by atoms with Crippen molar-refractivity contribution >= 4 is 55.7 Å². The molecule has 4 heterocycles. The molecule has 2 saturated heterocycles. The number of piperazine rings is 1. The molecule has 9 nitrogen and oxygen atoms in total. The van der Waals surface area contributed by atoms with Gasteiger partial charge < -0.3 is 9.32 Å². The lowest BCUT2D eigenvalue weighted by Gasteiger charge is -2.35. The number of thioether (sulfide) groups is 1. The van der Waals surface area contributed by atoms with Crippen molar-refractivity contribution in [3.05, 3.63) is 29.1 Å². The molecule has 0 aliphatic carbocycles. The van der Waals surface area contributed by atoms with E-state index in [1.54, 1.807) is 32.3 Å². The normalized spacial score (nSPS) is 20.2. The van der Waals surface area contributed by atoms with Gasteiger partial charge >= 0.3 is 0 Å². The predicted molar refractivity (Wildman–Crippen MR) is 111 cm³/mol. The molecule has 154 valence electrons. The molecule has 0 saturated carbocycles. The van der Waals surface area contributed by atoms with Crippen LogP contribution in [-0.4, -0.2) is 60.3 Å². The van der Waals surface area contributed by atoms with E-state index in [0.717, 1.165) is 22.8 Å². The number of rotatable bonds is 4. The van der Waals surface area contributed by atoms with E-state index in [2.05, 4.69) is 10.3 Å². The van der Waals surface area contributed by atoms with Crippen LogP contribution in [0.4, 0.5) is 10.5 Å². The SMILES string of the molecule is CC(C)S(=O)(=O)N1CCN(c2cncc3cc(/C=C4/SC(=O)NC4=O)oc23)CC1. The van der Waals surface area contributed by atoms with Crippen LogP contribution in [0.1, 0.15) is 19.6 Å². The zero-order valence-electron chi connectivity index (χ0n) is 15.9. The van der Waals surface area contributed by atoms with Gasteiger partial charge in [-0.2, -0.15) is 4.31 Å². The lowest BCUT2D eigenvalue weighted by Crippen LogP contribution is -2.50. The zero-order chi connectivity index (χ0) is 20.8. The summed E-state index contributed by atoms with van der Waals surface area (Å²) in [6, 6.07) is 1.76. The Hall–Kier alpha value is -2.37. The lowest BCUT2D eigenvalue weighted by molar-refractivity contribution is -0.115. The minimum Gasteiger partial charge on any atom is -0.454 e. The molecule has 0 radical (unpaired) electrons. The van der Waals surface area contributed by atoms with Gasteiger partial charge in [0.1, 0.15) is 5.76 Å². The van der Waals surface area contributed by atoms with Gasteiger partial charge in [-0.15, -0.1) is 0 Å². The number of anilines is 1. The summed E-state index contributed by atoms with van der Waals surface area (Å²) in [5.74, 6) is 0.00362. The quantitative estimate of drug-likeness (QED) is 0.725. The van der Waals surface area contributed by atoms with Crippen molar-refractivity contribution in [2.45, 2.75) is 19.1 Å². The van der Waals surface area contributed by atoms with Gasteiger partial charge in [0.15, 0.2) is 5.58 Å². The van der Waals surface area contributed by atoms with Crippen LogP contribution in [0.25, 0.3) is 17.0 Å². The molecule has 4 rings (SSSR count). The molecule has 0 bridgehead atoms. The molecular formula is C18H20N4O5S2. The fourth-order valence-electron chi connectivity index (χ4n) is 3.30. The highest BCUT2D eigenvalue weighted by molar-refractivity contribution is 8.18. The van der Waals surface area contributed by atoms with Crippen LogP contribution < -0.4 is 10.2 Å². The molecular weight excluding hydrogens is 416 g/mol. The van der Waals surface area contributed by atoms with Crippen LogP contribution in [0.5, 0.6) is 0 Å². The zero-order valence-corrected chi connectivity index (χ0v) is 17.5. The Kier molecular flexibility index (Phi) is 5.13. The van der Waals surface area contributed by atoms with Crippen LogP contribution in [-0.2, 0) is 14.8 Å². The third kappa shape index (κ3) is 3.77. The monoisotopic (exact) mass is 436 g/mol. The maximum Gasteiger partial charge on any atom is 0.290 e. The molecule has 2 aliphatic rings. The summed E-state index contributed by atoms with van der Waals surface area (Å²) in [7, 11) is -3.27. The molecule has 0 unspecified atom stereocenters. The number of carbonyl (C=O) groups excluding carboxylic acids is 2. The molecule has 2 aromatic rings. The molecule has 11 heteroatoms.